The van der Waals surface area contributed by atoms with E-state index < -0.39 is 124 Å². The Labute approximate surface area is 372 Å². The minimum Gasteiger partial charge on any atom is -0.394 e. The van der Waals surface area contributed by atoms with Gasteiger partial charge in [-0.3, -0.25) is 4.79 Å². The summed E-state index contributed by atoms with van der Waals surface area (Å²) < 4.78 is 34.0. The smallest absolute Gasteiger partial charge is 0.220 e. The number of hydrogen-bond donors (Lipinski definition) is 12. The van der Waals surface area contributed by atoms with Gasteiger partial charge in [-0.25, -0.2) is 0 Å². The van der Waals surface area contributed by atoms with Crippen LogP contribution in [0.3, 0.4) is 0 Å². The van der Waals surface area contributed by atoms with Crippen LogP contribution in [0.5, 0.6) is 0 Å². The molecule has 12 N–H and O–H groups in total. The van der Waals surface area contributed by atoms with Gasteiger partial charge in [-0.2, -0.15) is 0 Å². The summed E-state index contributed by atoms with van der Waals surface area (Å²) in [5.74, 6) is -0.261. The van der Waals surface area contributed by atoms with Crippen LogP contribution >= 0.6 is 0 Å². The molecule has 0 aromatic rings. The number of hydrogen-bond acceptors (Lipinski definition) is 18. The largest absolute Gasteiger partial charge is 0.394 e. The molecule has 0 aromatic heterocycles. The summed E-state index contributed by atoms with van der Waals surface area (Å²) in [6.45, 7) is 1.61. The maximum atomic E-state index is 13.1. The number of rotatable bonds is 31. The van der Waals surface area contributed by atoms with Crippen LogP contribution in [0, 0.1) is 0 Å². The van der Waals surface area contributed by atoms with Gasteiger partial charge in [-0.1, -0.05) is 103 Å². The predicted octanol–water partition coefficient (Wildman–Crippen LogP) is -0.0852. The van der Waals surface area contributed by atoms with Gasteiger partial charge in [0.2, 0.25) is 5.91 Å². The van der Waals surface area contributed by atoms with Crippen molar-refractivity contribution >= 4 is 5.91 Å². The first kappa shape index (κ1) is 55.9. The molecule has 3 aliphatic heterocycles. The monoisotopic (exact) mass is 912 g/mol. The average molecular weight is 912 g/mol. The molecule has 370 valence electrons. The van der Waals surface area contributed by atoms with Gasteiger partial charge in [0, 0.05) is 6.42 Å². The number of aliphatic hydroxyl groups excluding tert-OH is 11. The van der Waals surface area contributed by atoms with E-state index in [1.54, 1.807) is 0 Å². The number of carbonyl (C=O) groups excluding carboxylic acids is 1. The van der Waals surface area contributed by atoms with Gasteiger partial charge >= 0.3 is 0 Å². The van der Waals surface area contributed by atoms with E-state index in [1.165, 1.54) is 25.7 Å². The topological polar surface area (TPSA) is 307 Å². The maximum absolute atomic E-state index is 13.1. The van der Waals surface area contributed by atoms with Crippen LogP contribution in [-0.2, 0) is 33.2 Å². The summed E-state index contributed by atoms with van der Waals surface area (Å²) >= 11 is 0. The Morgan fingerprint density at radius 3 is 1.60 bits per heavy atom. The zero-order valence-electron chi connectivity index (χ0n) is 37.3. The molecule has 3 fully saturated rings. The van der Waals surface area contributed by atoms with E-state index in [0.717, 1.165) is 70.6 Å². The second-order valence-corrected chi connectivity index (χ2v) is 17.2. The number of ether oxygens (including phenoxy) is 6. The Morgan fingerprint density at radius 2 is 1.03 bits per heavy atom. The highest BCUT2D eigenvalue weighted by Crippen LogP contribution is 2.33. The maximum Gasteiger partial charge on any atom is 0.220 e. The second-order valence-electron chi connectivity index (χ2n) is 17.2. The van der Waals surface area contributed by atoms with Gasteiger partial charge < -0.3 is 89.9 Å². The van der Waals surface area contributed by atoms with Crippen LogP contribution in [-0.4, -0.2) is 193 Å². The molecule has 0 aliphatic carbocycles. The summed E-state index contributed by atoms with van der Waals surface area (Å²) in [7, 11) is 0. The minimum atomic E-state index is -1.97. The summed E-state index contributed by atoms with van der Waals surface area (Å²) in [6.07, 6.45) is -4.87. The van der Waals surface area contributed by atoms with Crippen molar-refractivity contribution in [2.24, 2.45) is 0 Å². The highest BCUT2D eigenvalue weighted by Gasteiger charge is 2.53. The Kier molecular flexibility index (Phi) is 27.3. The van der Waals surface area contributed by atoms with E-state index >= 15 is 0 Å². The number of nitrogens with one attached hydrogen (secondary N) is 1. The first-order valence-corrected chi connectivity index (χ1v) is 23.4. The summed E-state index contributed by atoms with van der Waals surface area (Å²) in [6, 6.07) is -0.882. The fourth-order valence-corrected chi connectivity index (χ4v) is 8.08. The Bertz CT molecular complexity index is 1230. The Balaban J connectivity index is 1.59. The van der Waals surface area contributed by atoms with E-state index in [1.807, 2.05) is 0 Å². The number of amides is 1. The molecule has 17 atom stereocenters. The van der Waals surface area contributed by atoms with Crippen molar-refractivity contribution in [2.45, 2.75) is 234 Å². The van der Waals surface area contributed by atoms with Gasteiger partial charge in [0.25, 0.3) is 0 Å². The molecule has 3 aliphatic rings. The molecule has 3 heterocycles. The van der Waals surface area contributed by atoms with Crippen molar-refractivity contribution in [3.05, 3.63) is 12.2 Å². The third-order valence-electron chi connectivity index (χ3n) is 12.1. The lowest BCUT2D eigenvalue weighted by atomic mass is 9.96. The minimum absolute atomic E-state index is 0.256. The van der Waals surface area contributed by atoms with Crippen LogP contribution < -0.4 is 5.32 Å². The second kappa shape index (κ2) is 30.7. The van der Waals surface area contributed by atoms with E-state index in [9.17, 15) is 61.0 Å². The molecule has 17 unspecified atom stereocenters. The van der Waals surface area contributed by atoms with Gasteiger partial charge in [0.05, 0.1) is 38.6 Å². The lowest BCUT2D eigenvalue weighted by Crippen LogP contribution is -2.66. The standard InChI is InChI=1S/C44H81NO18/c1-3-5-7-9-11-13-14-16-18-20-22-32(50)45-27(28(49)21-19-17-15-12-10-8-6-4-2)26-58-42-38(56)35(53)40(30(24-47)60-42)63-44-39(57)36(54)41(31(25-48)61-44)62-43-37(55)34(52)33(51)29(23-46)59-43/h7,9,27-31,33-44,46-49,51-57H,3-6,8,10-26H2,1-2H3,(H,45,50)/b9-7-. The first-order valence-electron chi connectivity index (χ1n) is 23.4. The molecule has 63 heavy (non-hydrogen) atoms. The quantitative estimate of drug-likeness (QED) is 0.0320. The molecule has 0 aromatic carbocycles. The van der Waals surface area contributed by atoms with E-state index in [4.69, 9.17) is 28.4 Å². The van der Waals surface area contributed by atoms with Crippen LogP contribution in [0.25, 0.3) is 0 Å². The Hall–Kier alpha value is -1.47. The van der Waals surface area contributed by atoms with Crippen LogP contribution in [0.15, 0.2) is 12.2 Å². The molecule has 0 saturated carbocycles. The van der Waals surface area contributed by atoms with Gasteiger partial charge in [-0.05, 0) is 32.1 Å². The molecule has 1 amide bonds. The van der Waals surface area contributed by atoms with Crippen molar-refractivity contribution < 1.29 is 89.4 Å². The first-order chi connectivity index (χ1) is 30.3. The molecule has 0 bridgehead atoms. The normalized spacial score (nSPS) is 34.9. The van der Waals surface area contributed by atoms with Gasteiger partial charge in [-0.15, -0.1) is 0 Å². The molecule has 0 spiro atoms. The number of unbranched alkanes of at least 4 members (excludes halogenated alkanes) is 13. The van der Waals surface area contributed by atoms with E-state index in [-0.39, 0.29) is 18.9 Å². The fourth-order valence-electron chi connectivity index (χ4n) is 8.08. The fraction of sp³-hybridized carbons (Fsp3) is 0.932. The number of aliphatic hydroxyl groups is 11. The van der Waals surface area contributed by atoms with Crippen molar-refractivity contribution in [3.63, 3.8) is 0 Å². The zero-order chi connectivity index (χ0) is 46.3. The molecule has 0 radical (unpaired) electrons. The van der Waals surface area contributed by atoms with Crippen LogP contribution in [0.1, 0.15) is 129 Å². The van der Waals surface area contributed by atoms with Gasteiger partial charge in [0.1, 0.15) is 73.2 Å². The zero-order valence-corrected chi connectivity index (χ0v) is 37.3. The number of carbonyl (C=O) groups is 1. The molecule has 3 saturated heterocycles. The predicted molar refractivity (Wildman–Crippen MR) is 227 cm³/mol. The van der Waals surface area contributed by atoms with Crippen molar-refractivity contribution in [2.75, 3.05) is 26.4 Å². The van der Waals surface area contributed by atoms with E-state index in [2.05, 4.69) is 31.3 Å². The van der Waals surface area contributed by atoms with E-state index in [0.29, 0.717) is 12.8 Å². The lowest BCUT2D eigenvalue weighted by Gasteiger charge is -2.48. The van der Waals surface area contributed by atoms with Crippen molar-refractivity contribution in [1.29, 1.82) is 0 Å². The average Bonchev–Trinajstić information content (AvgIpc) is 3.28. The van der Waals surface area contributed by atoms with Crippen LogP contribution in [0.2, 0.25) is 0 Å². The lowest BCUT2D eigenvalue weighted by molar-refractivity contribution is -0.379. The van der Waals surface area contributed by atoms with Crippen molar-refractivity contribution in [1.82, 2.24) is 5.32 Å². The van der Waals surface area contributed by atoms with Crippen molar-refractivity contribution in [3.8, 4) is 0 Å². The molecule has 19 nitrogen and oxygen atoms in total. The third-order valence-corrected chi connectivity index (χ3v) is 12.1. The summed E-state index contributed by atoms with van der Waals surface area (Å²) in [4.78, 5) is 13.1. The highest BCUT2D eigenvalue weighted by atomic mass is 16.8. The third kappa shape index (κ3) is 17.9. The highest BCUT2D eigenvalue weighted by molar-refractivity contribution is 5.76. The molecule has 3 rings (SSSR count). The summed E-state index contributed by atoms with van der Waals surface area (Å²) in [5.41, 5.74) is 0. The van der Waals surface area contributed by atoms with Crippen LogP contribution in [0.4, 0.5) is 0 Å². The van der Waals surface area contributed by atoms with Gasteiger partial charge in [0.15, 0.2) is 18.9 Å². The molecular weight excluding hydrogens is 830 g/mol. The molecular formula is C44H81NO18. The number of allylic oxidation sites excluding steroid dienone is 2. The summed E-state index contributed by atoms with van der Waals surface area (Å²) in [5, 5.41) is 119. The Morgan fingerprint density at radius 1 is 0.556 bits per heavy atom. The SMILES string of the molecule is CCC/C=C\CCCCCCCC(=O)NC(COC1OC(CO)C(OC2OC(CO)C(OC3OC(CO)C(O)C(O)C3O)C(O)C2O)C(O)C1O)C(O)CCCCCCCCCC. The molecule has 19 heteroatoms.